The first-order valence-electron chi connectivity index (χ1n) is 6.41. The third-order valence-electron chi connectivity index (χ3n) is 3.22. The van der Waals surface area contributed by atoms with Crippen LogP contribution >= 0.6 is 0 Å². The Labute approximate surface area is 108 Å². The molecule has 0 aliphatic carbocycles. The van der Waals surface area contributed by atoms with Gasteiger partial charge in [0.1, 0.15) is 5.75 Å². The quantitative estimate of drug-likeness (QED) is 0.868. The van der Waals surface area contributed by atoms with Crippen LogP contribution in [0.2, 0.25) is 0 Å². The second kappa shape index (κ2) is 6.73. The lowest BCUT2D eigenvalue weighted by Gasteiger charge is -2.28. The lowest BCUT2D eigenvalue weighted by Crippen LogP contribution is -2.28. The molecule has 18 heavy (non-hydrogen) atoms. The molecule has 1 atom stereocenters. The standard InChI is InChI=1S/C14H21NO3/c1-16-13-5-3-2-4-12(13)14(10-15)18-11-6-8-17-9-7-11/h2-5,11,14H,6-10,15H2,1H3/t14-/m0/s1. The molecule has 1 saturated heterocycles. The minimum Gasteiger partial charge on any atom is -0.496 e. The lowest BCUT2D eigenvalue weighted by molar-refractivity contribution is -0.0670. The van der Waals surface area contributed by atoms with Crippen LogP contribution in [-0.2, 0) is 9.47 Å². The third kappa shape index (κ3) is 3.22. The van der Waals surface area contributed by atoms with Crippen LogP contribution in [0.3, 0.4) is 0 Å². The Morgan fingerprint density at radius 2 is 2.06 bits per heavy atom. The van der Waals surface area contributed by atoms with Crippen molar-refractivity contribution < 1.29 is 14.2 Å². The summed E-state index contributed by atoms with van der Waals surface area (Å²) >= 11 is 0. The zero-order valence-corrected chi connectivity index (χ0v) is 10.8. The lowest BCUT2D eigenvalue weighted by atomic mass is 10.1. The normalized spacial score (nSPS) is 18.6. The highest BCUT2D eigenvalue weighted by atomic mass is 16.5. The Balaban J connectivity index is 2.07. The summed E-state index contributed by atoms with van der Waals surface area (Å²) in [5, 5.41) is 0. The minimum atomic E-state index is -0.107. The van der Waals surface area contributed by atoms with Crippen molar-refractivity contribution in [3.05, 3.63) is 29.8 Å². The van der Waals surface area contributed by atoms with Gasteiger partial charge in [0.25, 0.3) is 0 Å². The van der Waals surface area contributed by atoms with E-state index in [9.17, 15) is 0 Å². The molecule has 1 aromatic rings. The van der Waals surface area contributed by atoms with E-state index < -0.39 is 0 Å². The highest BCUT2D eigenvalue weighted by Gasteiger charge is 2.21. The molecule has 2 rings (SSSR count). The van der Waals surface area contributed by atoms with Crippen LogP contribution < -0.4 is 10.5 Å². The smallest absolute Gasteiger partial charge is 0.124 e. The fourth-order valence-electron chi connectivity index (χ4n) is 2.23. The maximum atomic E-state index is 6.08. The number of rotatable bonds is 5. The molecule has 4 heteroatoms. The fourth-order valence-corrected chi connectivity index (χ4v) is 2.23. The molecule has 4 nitrogen and oxygen atoms in total. The molecule has 0 radical (unpaired) electrons. The van der Waals surface area contributed by atoms with Gasteiger partial charge in [-0.25, -0.2) is 0 Å². The van der Waals surface area contributed by atoms with Gasteiger partial charge in [0.2, 0.25) is 0 Å². The first-order valence-corrected chi connectivity index (χ1v) is 6.41. The molecule has 1 heterocycles. The van der Waals surface area contributed by atoms with Crippen molar-refractivity contribution in [2.45, 2.75) is 25.0 Å². The van der Waals surface area contributed by atoms with Crippen molar-refractivity contribution in [2.75, 3.05) is 26.9 Å². The first kappa shape index (κ1) is 13.3. The van der Waals surface area contributed by atoms with Crippen LogP contribution in [0.25, 0.3) is 0 Å². The van der Waals surface area contributed by atoms with Gasteiger partial charge < -0.3 is 19.9 Å². The van der Waals surface area contributed by atoms with E-state index in [2.05, 4.69) is 0 Å². The van der Waals surface area contributed by atoms with Crippen molar-refractivity contribution in [1.82, 2.24) is 0 Å². The van der Waals surface area contributed by atoms with Gasteiger partial charge in [-0.1, -0.05) is 18.2 Å². The summed E-state index contributed by atoms with van der Waals surface area (Å²) in [6.07, 6.45) is 2.00. The van der Waals surface area contributed by atoms with Gasteiger partial charge in [-0.15, -0.1) is 0 Å². The molecule has 0 bridgehead atoms. The zero-order valence-electron chi connectivity index (χ0n) is 10.8. The van der Waals surface area contributed by atoms with Gasteiger partial charge >= 0.3 is 0 Å². The highest BCUT2D eigenvalue weighted by molar-refractivity contribution is 5.35. The zero-order chi connectivity index (χ0) is 12.8. The number of hydrogen-bond donors (Lipinski definition) is 1. The van der Waals surface area contributed by atoms with Gasteiger partial charge in [0, 0.05) is 25.3 Å². The summed E-state index contributed by atoms with van der Waals surface area (Å²) in [5.74, 6) is 0.833. The predicted octanol–water partition coefficient (Wildman–Crippen LogP) is 1.89. The van der Waals surface area contributed by atoms with Crippen molar-refractivity contribution in [3.63, 3.8) is 0 Å². The van der Waals surface area contributed by atoms with E-state index in [-0.39, 0.29) is 12.2 Å². The topological polar surface area (TPSA) is 53.7 Å². The summed E-state index contributed by atoms with van der Waals surface area (Å²) in [5.41, 5.74) is 6.86. The van der Waals surface area contributed by atoms with E-state index in [4.69, 9.17) is 19.9 Å². The number of ether oxygens (including phenoxy) is 3. The van der Waals surface area contributed by atoms with Gasteiger partial charge in [-0.3, -0.25) is 0 Å². The average molecular weight is 251 g/mol. The van der Waals surface area contributed by atoms with Crippen LogP contribution in [0.15, 0.2) is 24.3 Å². The van der Waals surface area contributed by atoms with Crippen LogP contribution in [0, 0.1) is 0 Å². The Bertz CT molecular complexity index is 364. The van der Waals surface area contributed by atoms with E-state index >= 15 is 0 Å². The monoisotopic (exact) mass is 251 g/mol. The van der Waals surface area contributed by atoms with E-state index in [0.717, 1.165) is 37.4 Å². The molecule has 0 amide bonds. The molecule has 1 aliphatic rings. The molecule has 0 saturated carbocycles. The molecular formula is C14H21NO3. The molecule has 1 aliphatic heterocycles. The Hall–Kier alpha value is -1.10. The Kier molecular flexibility index (Phi) is 4.99. The van der Waals surface area contributed by atoms with E-state index in [1.807, 2.05) is 24.3 Å². The number of hydrogen-bond acceptors (Lipinski definition) is 4. The summed E-state index contributed by atoms with van der Waals surface area (Å²) < 4.78 is 16.8. The summed E-state index contributed by atoms with van der Waals surface area (Å²) in [6, 6.07) is 7.87. The van der Waals surface area contributed by atoms with Crippen LogP contribution in [0.1, 0.15) is 24.5 Å². The second-order valence-corrected chi connectivity index (χ2v) is 4.41. The van der Waals surface area contributed by atoms with Crippen molar-refractivity contribution in [3.8, 4) is 5.75 Å². The Morgan fingerprint density at radius 1 is 1.33 bits per heavy atom. The fraction of sp³-hybridized carbons (Fsp3) is 0.571. The van der Waals surface area contributed by atoms with Crippen LogP contribution in [0.5, 0.6) is 5.75 Å². The third-order valence-corrected chi connectivity index (χ3v) is 3.22. The second-order valence-electron chi connectivity index (χ2n) is 4.41. The minimum absolute atomic E-state index is 0.107. The van der Waals surface area contributed by atoms with Gasteiger partial charge in [0.15, 0.2) is 0 Å². The molecule has 2 N–H and O–H groups in total. The molecule has 1 fully saturated rings. The number of methoxy groups -OCH3 is 1. The van der Waals surface area contributed by atoms with E-state index in [0.29, 0.717) is 6.54 Å². The molecule has 0 aromatic heterocycles. The van der Waals surface area contributed by atoms with Gasteiger partial charge in [-0.05, 0) is 18.9 Å². The van der Waals surface area contributed by atoms with Crippen molar-refractivity contribution in [2.24, 2.45) is 5.73 Å². The molecular weight excluding hydrogens is 230 g/mol. The maximum absolute atomic E-state index is 6.08. The largest absolute Gasteiger partial charge is 0.496 e. The molecule has 1 aromatic carbocycles. The SMILES string of the molecule is COc1ccccc1[C@H](CN)OC1CCOCC1. The molecule has 0 spiro atoms. The summed E-state index contributed by atoms with van der Waals surface area (Å²) in [7, 11) is 1.67. The molecule has 100 valence electrons. The highest BCUT2D eigenvalue weighted by Crippen LogP contribution is 2.29. The van der Waals surface area contributed by atoms with Gasteiger partial charge in [-0.2, -0.15) is 0 Å². The number of nitrogens with two attached hydrogens (primary N) is 1. The summed E-state index contributed by atoms with van der Waals surface area (Å²) in [4.78, 5) is 0. The van der Waals surface area contributed by atoms with E-state index in [1.165, 1.54) is 0 Å². The number of benzene rings is 1. The van der Waals surface area contributed by atoms with Crippen molar-refractivity contribution >= 4 is 0 Å². The van der Waals surface area contributed by atoms with Crippen LogP contribution in [0.4, 0.5) is 0 Å². The maximum Gasteiger partial charge on any atom is 0.124 e. The van der Waals surface area contributed by atoms with Crippen molar-refractivity contribution in [1.29, 1.82) is 0 Å². The average Bonchev–Trinajstić information content (AvgIpc) is 2.46. The van der Waals surface area contributed by atoms with E-state index in [1.54, 1.807) is 7.11 Å². The first-order chi connectivity index (χ1) is 8.85. The predicted molar refractivity (Wildman–Crippen MR) is 69.7 cm³/mol. The summed E-state index contributed by atoms with van der Waals surface area (Å²) in [6.45, 7) is 2.00. The molecule has 0 unspecified atom stereocenters. The number of para-hydroxylation sites is 1. The van der Waals surface area contributed by atoms with Crippen LogP contribution in [-0.4, -0.2) is 33.0 Å². The van der Waals surface area contributed by atoms with Gasteiger partial charge in [0.05, 0.1) is 19.3 Å². The Morgan fingerprint density at radius 3 is 2.72 bits per heavy atom.